The van der Waals surface area contributed by atoms with Gasteiger partial charge in [0.2, 0.25) is 0 Å². The van der Waals surface area contributed by atoms with Gasteiger partial charge in [-0.25, -0.2) is 0 Å². The lowest BCUT2D eigenvalue weighted by Crippen LogP contribution is -2.16. The largest absolute Gasteiger partial charge is 0.508 e. The Morgan fingerprint density at radius 2 is 2.14 bits per heavy atom. The molecule has 0 bridgehead atoms. The van der Waals surface area contributed by atoms with E-state index in [9.17, 15) is 5.11 Å². The lowest BCUT2D eigenvalue weighted by Gasteiger charge is -2.18. The van der Waals surface area contributed by atoms with Crippen molar-refractivity contribution in [2.24, 2.45) is 5.73 Å². The highest BCUT2D eigenvalue weighted by Crippen LogP contribution is 2.27. The summed E-state index contributed by atoms with van der Waals surface area (Å²) in [7, 11) is 1.99. The highest BCUT2D eigenvalue weighted by Gasteiger charge is 2.07. The summed E-state index contributed by atoms with van der Waals surface area (Å²) in [5, 5.41) is 9.70. The molecule has 0 spiro atoms. The monoisotopic (exact) mass is 194 g/mol. The van der Waals surface area contributed by atoms with Gasteiger partial charge in [-0.2, -0.15) is 0 Å². The quantitative estimate of drug-likeness (QED) is 0.772. The Hall–Kier alpha value is -1.22. The van der Waals surface area contributed by atoms with Gasteiger partial charge in [0, 0.05) is 37.0 Å². The Morgan fingerprint density at radius 3 is 2.57 bits per heavy atom. The van der Waals surface area contributed by atoms with Gasteiger partial charge in [0.15, 0.2) is 0 Å². The van der Waals surface area contributed by atoms with Gasteiger partial charge in [-0.3, -0.25) is 0 Å². The fourth-order valence-corrected chi connectivity index (χ4v) is 1.34. The average molecular weight is 194 g/mol. The van der Waals surface area contributed by atoms with Crippen LogP contribution in [0.4, 0.5) is 5.69 Å². The van der Waals surface area contributed by atoms with Crippen LogP contribution in [0.5, 0.6) is 5.75 Å². The Labute approximate surface area is 85.2 Å². The van der Waals surface area contributed by atoms with Crippen molar-refractivity contribution >= 4 is 5.69 Å². The fourth-order valence-electron chi connectivity index (χ4n) is 1.34. The number of benzene rings is 1. The Morgan fingerprint density at radius 1 is 1.50 bits per heavy atom. The van der Waals surface area contributed by atoms with E-state index in [2.05, 4.69) is 11.8 Å². The third-order valence-electron chi connectivity index (χ3n) is 2.42. The van der Waals surface area contributed by atoms with Crippen LogP contribution in [0.2, 0.25) is 0 Å². The van der Waals surface area contributed by atoms with Gasteiger partial charge >= 0.3 is 0 Å². The van der Waals surface area contributed by atoms with Gasteiger partial charge in [0.1, 0.15) is 5.75 Å². The van der Waals surface area contributed by atoms with E-state index in [0.29, 0.717) is 0 Å². The van der Waals surface area contributed by atoms with Crippen LogP contribution in [0.15, 0.2) is 18.2 Å². The van der Waals surface area contributed by atoms with E-state index in [0.717, 1.165) is 17.8 Å². The zero-order chi connectivity index (χ0) is 10.7. The molecular formula is C11H18N2O. The van der Waals surface area contributed by atoms with Crippen molar-refractivity contribution in [1.29, 1.82) is 0 Å². The van der Waals surface area contributed by atoms with Crippen LogP contribution in [0.3, 0.4) is 0 Å². The maximum absolute atomic E-state index is 9.70. The zero-order valence-corrected chi connectivity index (χ0v) is 8.99. The second-order valence-corrected chi connectivity index (χ2v) is 3.55. The first-order valence-corrected chi connectivity index (χ1v) is 4.86. The van der Waals surface area contributed by atoms with Crippen molar-refractivity contribution in [3.63, 3.8) is 0 Å². The highest BCUT2D eigenvalue weighted by molar-refractivity contribution is 5.53. The Kier molecular flexibility index (Phi) is 3.36. The molecule has 0 aliphatic rings. The summed E-state index contributed by atoms with van der Waals surface area (Å²) >= 11 is 0. The number of rotatable bonds is 3. The van der Waals surface area contributed by atoms with Crippen molar-refractivity contribution in [2.75, 3.05) is 18.5 Å². The molecule has 3 N–H and O–H groups in total. The molecule has 1 unspecified atom stereocenters. The first-order chi connectivity index (χ1) is 6.56. The second-order valence-electron chi connectivity index (χ2n) is 3.55. The lowest BCUT2D eigenvalue weighted by molar-refractivity contribution is 0.464. The molecule has 0 aromatic heterocycles. The summed E-state index contributed by atoms with van der Waals surface area (Å²) < 4.78 is 0. The van der Waals surface area contributed by atoms with Crippen molar-refractivity contribution in [3.05, 3.63) is 23.8 Å². The normalized spacial score (nSPS) is 12.6. The van der Waals surface area contributed by atoms with Gasteiger partial charge in [-0.05, 0) is 19.9 Å². The molecule has 14 heavy (non-hydrogen) atoms. The van der Waals surface area contributed by atoms with E-state index >= 15 is 0 Å². The number of phenolic OH excluding ortho intramolecular Hbond substituents is 1. The summed E-state index contributed by atoms with van der Waals surface area (Å²) in [6, 6.07) is 5.47. The standard InChI is InChI=1S/C11H18N2O/c1-4-13(3)9-5-6-10(8(2)12)11(14)7-9/h5-8,14H,4,12H2,1-3H3. The summed E-state index contributed by atoms with van der Waals surface area (Å²) in [4.78, 5) is 2.06. The van der Waals surface area contributed by atoms with Gasteiger partial charge in [0.05, 0.1) is 0 Å². The van der Waals surface area contributed by atoms with E-state index in [4.69, 9.17) is 5.73 Å². The summed E-state index contributed by atoms with van der Waals surface area (Å²) in [5.74, 6) is 0.276. The van der Waals surface area contributed by atoms with E-state index in [1.54, 1.807) is 6.07 Å². The average Bonchev–Trinajstić information content (AvgIpc) is 2.15. The van der Waals surface area contributed by atoms with Crippen LogP contribution in [0, 0.1) is 0 Å². The molecule has 3 nitrogen and oxygen atoms in total. The number of hydrogen-bond acceptors (Lipinski definition) is 3. The lowest BCUT2D eigenvalue weighted by atomic mass is 10.1. The van der Waals surface area contributed by atoms with Gasteiger partial charge in [-0.1, -0.05) is 6.07 Å². The number of hydrogen-bond donors (Lipinski definition) is 2. The van der Waals surface area contributed by atoms with Crippen molar-refractivity contribution in [3.8, 4) is 5.75 Å². The van der Waals surface area contributed by atoms with Crippen LogP contribution in [0.25, 0.3) is 0 Å². The fraction of sp³-hybridized carbons (Fsp3) is 0.455. The number of nitrogens with zero attached hydrogens (tertiary/aromatic N) is 1. The summed E-state index contributed by atoms with van der Waals surface area (Å²) in [6.07, 6.45) is 0. The van der Waals surface area contributed by atoms with Crippen molar-refractivity contribution in [2.45, 2.75) is 19.9 Å². The molecule has 1 aromatic rings. The van der Waals surface area contributed by atoms with Crippen molar-refractivity contribution < 1.29 is 5.11 Å². The molecule has 78 valence electrons. The molecule has 0 saturated heterocycles. The number of nitrogens with two attached hydrogens (primary N) is 1. The highest BCUT2D eigenvalue weighted by atomic mass is 16.3. The maximum atomic E-state index is 9.70. The molecule has 0 aliphatic heterocycles. The summed E-state index contributed by atoms with van der Waals surface area (Å²) in [5.41, 5.74) is 7.50. The molecule has 0 radical (unpaired) electrons. The third kappa shape index (κ3) is 2.17. The first-order valence-electron chi connectivity index (χ1n) is 4.86. The van der Waals surface area contributed by atoms with Crippen LogP contribution in [-0.4, -0.2) is 18.7 Å². The second kappa shape index (κ2) is 4.33. The molecule has 0 saturated carbocycles. The molecule has 0 fully saturated rings. The van der Waals surface area contributed by atoms with E-state index < -0.39 is 0 Å². The molecule has 0 heterocycles. The number of phenols is 1. The number of aromatic hydroxyl groups is 1. The summed E-state index contributed by atoms with van der Waals surface area (Å²) in [6.45, 7) is 4.84. The molecular weight excluding hydrogens is 176 g/mol. The van der Waals surface area contributed by atoms with E-state index in [-0.39, 0.29) is 11.8 Å². The van der Waals surface area contributed by atoms with E-state index in [1.807, 2.05) is 26.1 Å². The van der Waals surface area contributed by atoms with Gasteiger partial charge in [0.25, 0.3) is 0 Å². The molecule has 0 aliphatic carbocycles. The number of anilines is 1. The van der Waals surface area contributed by atoms with Gasteiger partial charge in [-0.15, -0.1) is 0 Å². The first kappa shape index (κ1) is 10.9. The molecule has 3 heteroatoms. The predicted molar refractivity (Wildman–Crippen MR) is 59.7 cm³/mol. The molecule has 1 atom stereocenters. The zero-order valence-electron chi connectivity index (χ0n) is 8.99. The van der Waals surface area contributed by atoms with E-state index in [1.165, 1.54) is 0 Å². The predicted octanol–water partition coefficient (Wildman–Crippen LogP) is 1.87. The topological polar surface area (TPSA) is 49.5 Å². The molecule has 0 amide bonds. The molecule has 1 aromatic carbocycles. The van der Waals surface area contributed by atoms with Gasteiger partial charge < -0.3 is 15.7 Å². The van der Waals surface area contributed by atoms with Crippen LogP contribution in [-0.2, 0) is 0 Å². The van der Waals surface area contributed by atoms with Crippen LogP contribution in [0.1, 0.15) is 25.5 Å². The minimum Gasteiger partial charge on any atom is -0.508 e. The Bertz CT molecular complexity index is 310. The minimum atomic E-state index is -0.129. The Balaban J connectivity index is 3.00. The van der Waals surface area contributed by atoms with Crippen LogP contribution >= 0.6 is 0 Å². The maximum Gasteiger partial charge on any atom is 0.122 e. The minimum absolute atomic E-state index is 0.129. The third-order valence-corrected chi connectivity index (χ3v) is 2.42. The van der Waals surface area contributed by atoms with Crippen molar-refractivity contribution in [1.82, 2.24) is 0 Å². The SMILES string of the molecule is CCN(C)c1ccc(C(C)N)c(O)c1. The van der Waals surface area contributed by atoms with Crippen LogP contribution < -0.4 is 10.6 Å². The molecule has 1 rings (SSSR count). The smallest absolute Gasteiger partial charge is 0.122 e.